The van der Waals surface area contributed by atoms with E-state index < -0.39 is 17.7 Å². The maximum atomic E-state index is 13.1. The molecule has 0 unspecified atom stereocenters. The third-order valence-corrected chi connectivity index (χ3v) is 2.79. The van der Waals surface area contributed by atoms with Crippen molar-refractivity contribution in [3.63, 3.8) is 0 Å². The Morgan fingerprint density at radius 2 is 1.59 bits per heavy atom. The molecule has 0 spiro atoms. The van der Waals surface area contributed by atoms with Crippen LogP contribution in [0.25, 0.3) is 0 Å². The molecule has 2 aromatic rings. The number of halogens is 2. The van der Waals surface area contributed by atoms with Crippen molar-refractivity contribution in [3.8, 4) is 6.01 Å². The first-order chi connectivity index (χ1) is 10.4. The Bertz CT molecular complexity index is 679. The van der Waals surface area contributed by atoms with Gasteiger partial charge in [0.05, 0.1) is 24.2 Å². The van der Waals surface area contributed by atoms with E-state index in [1.54, 1.807) is 13.8 Å². The molecule has 8 heteroatoms. The van der Waals surface area contributed by atoms with Gasteiger partial charge in [0.25, 0.3) is 0 Å². The molecule has 0 aliphatic rings. The second-order valence-electron chi connectivity index (χ2n) is 4.49. The minimum Gasteiger partial charge on any atom is -0.467 e. The number of carbonyl (C=O) groups is 1. The monoisotopic (exact) mass is 308 g/mol. The van der Waals surface area contributed by atoms with Crippen LogP contribution in [0.3, 0.4) is 0 Å². The summed E-state index contributed by atoms with van der Waals surface area (Å²) < 4.78 is 31.1. The first kappa shape index (κ1) is 15.6. The molecule has 6 nitrogen and oxygen atoms in total. The summed E-state index contributed by atoms with van der Waals surface area (Å²) in [5.41, 5.74) is 1.41. The van der Waals surface area contributed by atoms with E-state index in [2.05, 4.69) is 20.6 Å². The summed E-state index contributed by atoms with van der Waals surface area (Å²) in [4.78, 5) is 20.0. The standard InChI is InChI=1S/C14H14F2N4O2/c1-7-12(8(2)18-14(17-7)22-3)20-13(21)19-11-5-9(15)4-10(16)6-11/h4-6H,1-3H3,(H2,19,20,21). The van der Waals surface area contributed by atoms with Crippen LogP contribution in [0.1, 0.15) is 11.4 Å². The molecule has 1 heterocycles. The maximum absolute atomic E-state index is 13.1. The molecule has 0 saturated heterocycles. The van der Waals surface area contributed by atoms with Gasteiger partial charge in [-0.1, -0.05) is 0 Å². The van der Waals surface area contributed by atoms with E-state index in [9.17, 15) is 13.6 Å². The Hall–Kier alpha value is -2.77. The van der Waals surface area contributed by atoms with Gasteiger partial charge in [-0.05, 0) is 26.0 Å². The summed E-state index contributed by atoms with van der Waals surface area (Å²) in [5, 5.41) is 4.88. The number of urea groups is 1. The van der Waals surface area contributed by atoms with Crippen molar-refractivity contribution in [2.24, 2.45) is 0 Å². The van der Waals surface area contributed by atoms with Crippen molar-refractivity contribution >= 4 is 17.4 Å². The van der Waals surface area contributed by atoms with Crippen LogP contribution in [0.2, 0.25) is 0 Å². The van der Waals surface area contributed by atoms with Crippen molar-refractivity contribution in [1.29, 1.82) is 0 Å². The number of rotatable bonds is 3. The Labute approximate surface area is 125 Å². The first-order valence-corrected chi connectivity index (χ1v) is 6.32. The minimum atomic E-state index is -0.782. The molecule has 116 valence electrons. The van der Waals surface area contributed by atoms with Gasteiger partial charge in [0.15, 0.2) is 0 Å². The quantitative estimate of drug-likeness (QED) is 0.914. The van der Waals surface area contributed by atoms with Crippen molar-refractivity contribution in [3.05, 3.63) is 41.2 Å². The Morgan fingerprint density at radius 1 is 1.05 bits per heavy atom. The highest BCUT2D eigenvalue weighted by Gasteiger charge is 2.12. The van der Waals surface area contributed by atoms with Crippen molar-refractivity contribution in [1.82, 2.24) is 9.97 Å². The van der Waals surface area contributed by atoms with Crippen LogP contribution in [0.4, 0.5) is 25.0 Å². The average molecular weight is 308 g/mol. The van der Waals surface area contributed by atoms with Crippen LogP contribution < -0.4 is 15.4 Å². The molecule has 0 radical (unpaired) electrons. The normalized spacial score (nSPS) is 10.2. The minimum absolute atomic E-state index is 0.000244. The molecule has 22 heavy (non-hydrogen) atoms. The number of carbonyl (C=O) groups excluding carboxylic acids is 1. The highest BCUT2D eigenvalue weighted by atomic mass is 19.1. The summed E-state index contributed by atoms with van der Waals surface area (Å²) in [7, 11) is 1.44. The number of hydrogen-bond acceptors (Lipinski definition) is 4. The van der Waals surface area contributed by atoms with Crippen molar-refractivity contribution < 1.29 is 18.3 Å². The molecule has 0 aliphatic heterocycles. The van der Waals surface area contributed by atoms with Crippen LogP contribution in [-0.2, 0) is 0 Å². The summed E-state index contributed by atoms with van der Waals surface area (Å²) in [5.74, 6) is -1.56. The Balaban J connectivity index is 2.15. The zero-order valence-electron chi connectivity index (χ0n) is 12.2. The first-order valence-electron chi connectivity index (χ1n) is 6.32. The van der Waals surface area contributed by atoms with Crippen LogP contribution in [0.15, 0.2) is 18.2 Å². The Morgan fingerprint density at radius 3 is 2.09 bits per heavy atom. The molecule has 2 amide bonds. The molecule has 1 aromatic carbocycles. The van der Waals surface area contributed by atoms with E-state index in [0.717, 1.165) is 12.1 Å². The number of anilines is 2. The molecule has 0 aliphatic carbocycles. The number of aromatic nitrogens is 2. The number of aryl methyl sites for hydroxylation is 2. The lowest BCUT2D eigenvalue weighted by molar-refractivity contribution is 0.262. The van der Waals surface area contributed by atoms with Crippen LogP contribution in [0, 0.1) is 25.5 Å². The van der Waals surface area contributed by atoms with Crippen molar-refractivity contribution in [2.75, 3.05) is 17.7 Å². The van der Waals surface area contributed by atoms with E-state index in [1.165, 1.54) is 7.11 Å². The van der Waals surface area contributed by atoms with Crippen LogP contribution in [0.5, 0.6) is 6.01 Å². The topological polar surface area (TPSA) is 76.1 Å². The van der Waals surface area contributed by atoms with Gasteiger partial charge in [0.1, 0.15) is 11.6 Å². The third-order valence-electron chi connectivity index (χ3n) is 2.79. The molecule has 0 saturated carbocycles. The van der Waals surface area contributed by atoms with Gasteiger partial charge in [-0.15, -0.1) is 0 Å². The maximum Gasteiger partial charge on any atom is 0.323 e. The fourth-order valence-corrected chi connectivity index (χ4v) is 1.86. The fraction of sp³-hybridized carbons (Fsp3) is 0.214. The van der Waals surface area contributed by atoms with Gasteiger partial charge in [-0.25, -0.2) is 13.6 Å². The largest absolute Gasteiger partial charge is 0.467 e. The molecule has 0 fully saturated rings. The van der Waals surface area contributed by atoms with E-state index >= 15 is 0 Å². The molecule has 0 atom stereocenters. The average Bonchev–Trinajstić information content (AvgIpc) is 2.41. The SMILES string of the molecule is COc1nc(C)c(NC(=O)Nc2cc(F)cc(F)c2)c(C)n1. The van der Waals surface area contributed by atoms with E-state index in [1.807, 2.05) is 0 Å². The number of benzene rings is 1. The lowest BCUT2D eigenvalue weighted by Gasteiger charge is -2.12. The van der Waals surface area contributed by atoms with Gasteiger partial charge >= 0.3 is 12.0 Å². The molecular weight excluding hydrogens is 294 g/mol. The molecule has 2 rings (SSSR count). The van der Waals surface area contributed by atoms with Gasteiger partial charge < -0.3 is 15.4 Å². The molecular formula is C14H14F2N4O2. The number of nitrogens with zero attached hydrogens (tertiary/aromatic N) is 2. The predicted molar refractivity (Wildman–Crippen MR) is 77.1 cm³/mol. The summed E-state index contributed by atoms with van der Waals surface area (Å²) in [6.07, 6.45) is 0. The zero-order valence-corrected chi connectivity index (χ0v) is 12.2. The number of ether oxygens (including phenoxy) is 1. The van der Waals surface area contributed by atoms with E-state index in [-0.39, 0.29) is 11.7 Å². The van der Waals surface area contributed by atoms with Gasteiger partial charge in [-0.2, -0.15) is 9.97 Å². The second kappa shape index (κ2) is 6.33. The fourth-order valence-electron chi connectivity index (χ4n) is 1.86. The number of nitrogens with one attached hydrogen (secondary N) is 2. The summed E-state index contributed by atoms with van der Waals surface area (Å²) >= 11 is 0. The van der Waals surface area contributed by atoms with Gasteiger partial charge in [0.2, 0.25) is 0 Å². The number of amides is 2. The van der Waals surface area contributed by atoms with Gasteiger partial charge in [-0.3, -0.25) is 0 Å². The highest BCUT2D eigenvalue weighted by molar-refractivity contribution is 6.00. The van der Waals surface area contributed by atoms with Crippen molar-refractivity contribution in [2.45, 2.75) is 13.8 Å². The van der Waals surface area contributed by atoms with Crippen LogP contribution in [-0.4, -0.2) is 23.1 Å². The smallest absolute Gasteiger partial charge is 0.323 e. The molecule has 1 aromatic heterocycles. The Kier molecular flexibility index (Phi) is 4.50. The summed E-state index contributed by atoms with van der Waals surface area (Å²) in [6, 6.07) is 2.26. The lowest BCUT2D eigenvalue weighted by Crippen LogP contribution is -2.21. The third kappa shape index (κ3) is 3.66. The van der Waals surface area contributed by atoms with E-state index in [4.69, 9.17) is 4.74 Å². The molecule has 2 N–H and O–H groups in total. The second-order valence-corrected chi connectivity index (χ2v) is 4.49. The zero-order chi connectivity index (χ0) is 16.3. The highest BCUT2D eigenvalue weighted by Crippen LogP contribution is 2.20. The van der Waals surface area contributed by atoms with E-state index in [0.29, 0.717) is 23.1 Å². The van der Waals surface area contributed by atoms with Crippen LogP contribution >= 0.6 is 0 Å². The van der Waals surface area contributed by atoms with Gasteiger partial charge in [0, 0.05) is 11.8 Å². The lowest BCUT2D eigenvalue weighted by atomic mass is 10.3. The predicted octanol–water partition coefficient (Wildman–Crippen LogP) is 3.02. The summed E-state index contributed by atoms with van der Waals surface area (Å²) in [6.45, 7) is 3.35. The number of hydrogen-bond donors (Lipinski definition) is 2. The molecule has 0 bridgehead atoms. The number of methoxy groups -OCH3 is 1.